The van der Waals surface area contributed by atoms with E-state index in [9.17, 15) is 9.90 Å². The van der Waals surface area contributed by atoms with Crippen LogP contribution in [-0.2, 0) is 16.6 Å². The monoisotopic (exact) mass is 451 g/mol. The van der Waals surface area contributed by atoms with E-state index in [4.69, 9.17) is 4.74 Å². The van der Waals surface area contributed by atoms with Crippen LogP contribution < -0.4 is 4.31 Å². The Hall–Kier alpha value is -2.51. The minimum Gasteiger partial charge on any atom is -0.481 e. The lowest BCUT2D eigenvalue weighted by atomic mass is 9.67. The molecular formula is C25H29N3O3S. The summed E-state index contributed by atoms with van der Waals surface area (Å²) in [6.07, 6.45) is 1.62. The molecule has 0 amide bonds. The summed E-state index contributed by atoms with van der Waals surface area (Å²) in [6, 6.07) is 14.8. The lowest BCUT2D eigenvalue weighted by Gasteiger charge is -2.36. The number of carbonyl (C=O) groups is 1. The van der Waals surface area contributed by atoms with Gasteiger partial charge in [-0.15, -0.1) is 0 Å². The number of carboxylic acids is 1. The molecule has 0 bridgehead atoms. The van der Waals surface area contributed by atoms with Gasteiger partial charge in [-0.3, -0.25) is 4.79 Å². The molecule has 1 N–H and O–H groups in total. The fourth-order valence-corrected chi connectivity index (χ4v) is 6.12. The van der Waals surface area contributed by atoms with Gasteiger partial charge in [0.2, 0.25) is 0 Å². The highest BCUT2D eigenvalue weighted by atomic mass is 32.2. The Morgan fingerprint density at radius 1 is 1.16 bits per heavy atom. The van der Waals surface area contributed by atoms with Crippen molar-refractivity contribution < 1.29 is 14.6 Å². The molecule has 3 unspecified atom stereocenters. The van der Waals surface area contributed by atoms with Gasteiger partial charge in [-0.1, -0.05) is 12.1 Å². The second kappa shape index (κ2) is 8.45. The number of ether oxygens (including phenoxy) is 1. The molecule has 3 aromatic rings. The molecule has 0 radical (unpaired) electrons. The van der Waals surface area contributed by atoms with E-state index in [1.54, 1.807) is 11.9 Å². The molecule has 2 aliphatic rings. The summed E-state index contributed by atoms with van der Waals surface area (Å²) in [4.78, 5) is 17.7. The van der Waals surface area contributed by atoms with Gasteiger partial charge in [0, 0.05) is 37.9 Å². The molecule has 2 aromatic carbocycles. The molecular weight excluding hydrogens is 422 g/mol. The van der Waals surface area contributed by atoms with E-state index in [-0.39, 0.29) is 11.8 Å². The van der Waals surface area contributed by atoms with Crippen molar-refractivity contribution in [1.82, 2.24) is 9.55 Å². The second-order valence-electron chi connectivity index (χ2n) is 9.13. The fourth-order valence-electron chi connectivity index (χ4n) is 5.29. The molecule has 1 aromatic heterocycles. The van der Waals surface area contributed by atoms with Gasteiger partial charge in [0.15, 0.2) is 0 Å². The largest absolute Gasteiger partial charge is 0.481 e. The van der Waals surface area contributed by atoms with Crippen LogP contribution in [-0.4, -0.2) is 40.9 Å². The predicted molar refractivity (Wildman–Crippen MR) is 127 cm³/mol. The number of rotatable bonds is 5. The Balaban J connectivity index is 1.32. The van der Waals surface area contributed by atoms with Crippen molar-refractivity contribution in [2.45, 2.75) is 30.6 Å². The van der Waals surface area contributed by atoms with Crippen molar-refractivity contribution in [3.8, 4) is 0 Å². The van der Waals surface area contributed by atoms with Gasteiger partial charge in [-0.25, -0.2) is 4.98 Å². The highest BCUT2D eigenvalue weighted by Gasteiger charge is 2.43. The van der Waals surface area contributed by atoms with Gasteiger partial charge < -0.3 is 18.7 Å². The van der Waals surface area contributed by atoms with Crippen LogP contribution in [0.15, 0.2) is 47.4 Å². The molecule has 7 heteroatoms. The number of hydrogen-bond donors (Lipinski definition) is 1. The molecule has 6 nitrogen and oxygen atoms in total. The third kappa shape index (κ3) is 3.88. The smallest absolute Gasteiger partial charge is 0.307 e. The zero-order valence-electron chi connectivity index (χ0n) is 18.7. The van der Waals surface area contributed by atoms with E-state index in [1.165, 1.54) is 0 Å². The second-order valence-corrected chi connectivity index (χ2v) is 10.3. The Labute approximate surface area is 192 Å². The summed E-state index contributed by atoms with van der Waals surface area (Å²) in [6.45, 7) is 3.50. The van der Waals surface area contributed by atoms with Crippen molar-refractivity contribution in [3.63, 3.8) is 0 Å². The summed E-state index contributed by atoms with van der Waals surface area (Å²) in [5.41, 5.74) is 4.34. The first-order valence-electron chi connectivity index (χ1n) is 11.2. The van der Waals surface area contributed by atoms with E-state index in [2.05, 4.69) is 63.4 Å². The highest BCUT2D eigenvalue weighted by molar-refractivity contribution is 8.00. The topological polar surface area (TPSA) is 67.6 Å². The van der Waals surface area contributed by atoms with Gasteiger partial charge in [-0.05, 0) is 85.4 Å². The minimum absolute atomic E-state index is 0.0530. The molecule has 1 aliphatic heterocycles. The van der Waals surface area contributed by atoms with Crippen LogP contribution in [0.5, 0.6) is 0 Å². The Kier molecular flexibility index (Phi) is 5.63. The zero-order valence-corrected chi connectivity index (χ0v) is 19.5. The minimum atomic E-state index is -0.683. The summed E-state index contributed by atoms with van der Waals surface area (Å²) in [5, 5.41) is 9.83. The molecule has 32 heavy (non-hydrogen) atoms. The Bertz CT molecular complexity index is 1140. The molecule has 5 rings (SSSR count). The van der Waals surface area contributed by atoms with Gasteiger partial charge in [0.1, 0.15) is 5.82 Å². The summed E-state index contributed by atoms with van der Waals surface area (Å²) in [5.74, 6) is 0.927. The summed E-state index contributed by atoms with van der Waals surface area (Å²) in [7, 11) is 4.08. The maximum atomic E-state index is 12.0. The van der Waals surface area contributed by atoms with Crippen LogP contribution >= 0.6 is 11.9 Å². The maximum absolute atomic E-state index is 12.0. The molecule has 2 heterocycles. The molecule has 4 atom stereocenters. The van der Waals surface area contributed by atoms with Gasteiger partial charge in [-0.2, -0.15) is 0 Å². The number of benzene rings is 2. The first kappa shape index (κ1) is 21.3. The number of fused-ring (bicyclic) bond motifs is 2. The van der Waals surface area contributed by atoms with Crippen molar-refractivity contribution in [2.75, 3.05) is 24.6 Å². The van der Waals surface area contributed by atoms with Gasteiger partial charge in [0.25, 0.3) is 0 Å². The van der Waals surface area contributed by atoms with Crippen LogP contribution in [0.1, 0.15) is 30.1 Å². The van der Waals surface area contributed by atoms with Crippen LogP contribution in [0.3, 0.4) is 0 Å². The van der Waals surface area contributed by atoms with Crippen LogP contribution in [0.25, 0.3) is 11.0 Å². The van der Waals surface area contributed by atoms with E-state index in [0.29, 0.717) is 18.4 Å². The number of aryl methyl sites for hydroxylation is 2. The Morgan fingerprint density at radius 2 is 1.88 bits per heavy atom. The predicted octanol–water partition coefficient (Wildman–Crippen LogP) is 4.87. The first-order chi connectivity index (χ1) is 15.4. The third-order valence-electron chi connectivity index (χ3n) is 7.25. The standard InChI is InChI=1S/C25H29N3O3S/c1-15-26-23-12-20(8-9-24(23)27(15)2)32-28(3)19-6-4-16(5-7-19)21-10-17-13-31-14-18(17)11-22(21)25(29)30/h4-9,12,17-18,21-22H,10-11,13-14H2,1-3H3,(H,29,30)/t17?,18?,21-,22?/m0/s1. The van der Waals surface area contributed by atoms with Crippen molar-refractivity contribution in [1.29, 1.82) is 0 Å². The van der Waals surface area contributed by atoms with Crippen molar-refractivity contribution in [2.24, 2.45) is 24.8 Å². The van der Waals surface area contributed by atoms with Crippen LogP contribution in [0.2, 0.25) is 0 Å². The van der Waals surface area contributed by atoms with E-state index < -0.39 is 5.97 Å². The van der Waals surface area contributed by atoms with E-state index in [0.717, 1.165) is 52.5 Å². The molecule has 0 spiro atoms. The normalized spacial score (nSPS) is 25.1. The highest BCUT2D eigenvalue weighted by Crippen LogP contribution is 2.46. The summed E-state index contributed by atoms with van der Waals surface area (Å²) >= 11 is 1.66. The lowest BCUT2D eigenvalue weighted by Crippen LogP contribution is -2.34. The molecule has 2 fully saturated rings. The number of anilines is 1. The average molecular weight is 452 g/mol. The fraction of sp³-hybridized carbons (Fsp3) is 0.440. The quantitative estimate of drug-likeness (QED) is 0.559. The van der Waals surface area contributed by atoms with E-state index in [1.807, 2.05) is 14.0 Å². The number of carboxylic acid groups (broad SMARTS) is 1. The van der Waals surface area contributed by atoms with E-state index >= 15 is 0 Å². The van der Waals surface area contributed by atoms with Crippen LogP contribution in [0, 0.1) is 24.7 Å². The molecule has 168 valence electrons. The maximum Gasteiger partial charge on any atom is 0.307 e. The number of hydrogen-bond acceptors (Lipinski definition) is 5. The average Bonchev–Trinajstić information content (AvgIpc) is 3.36. The van der Waals surface area contributed by atoms with Crippen molar-refractivity contribution in [3.05, 3.63) is 53.9 Å². The number of aromatic nitrogens is 2. The first-order valence-corrected chi connectivity index (χ1v) is 11.9. The molecule has 1 saturated carbocycles. The number of nitrogens with zero attached hydrogens (tertiary/aromatic N) is 3. The van der Waals surface area contributed by atoms with Gasteiger partial charge in [0.05, 0.1) is 17.0 Å². The SMILES string of the molecule is Cc1nc2cc(SN(C)c3ccc([C@@H]4CC5COCC5CC4C(=O)O)cc3)ccc2n1C. The van der Waals surface area contributed by atoms with Gasteiger partial charge >= 0.3 is 5.97 Å². The Morgan fingerprint density at radius 3 is 2.59 bits per heavy atom. The lowest BCUT2D eigenvalue weighted by molar-refractivity contribution is -0.144. The third-order valence-corrected chi connectivity index (χ3v) is 8.20. The number of imidazole rings is 1. The van der Waals surface area contributed by atoms with Crippen molar-refractivity contribution >= 4 is 34.6 Å². The molecule has 1 aliphatic carbocycles. The molecule has 1 saturated heterocycles. The zero-order chi connectivity index (χ0) is 22.4. The van der Waals surface area contributed by atoms with Crippen LogP contribution in [0.4, 0.5) is 5.69 Å². The number of aliphatic carboxylic acids is 1. The summed E-state index contributed by atoms with van der Waals surface area (Å²) < 4.78 is 9.87.